The van der Waals surface area contributed by atoms with Crippen molar-refractivity contribution in [3.05, 3.63) is 45.9 Å². The van der Waals surface area contributed by atoms with Gasteiger partial charge in [-0.1, -0.05) is 0 Å². The van der Waals surface area contributed by atoms with E-state index in [0.29, 0.717) is 5.56 Å². The molecule has 0 atom stereocenters. The minimum Gasteiger partial charge on any atom is -0.465 e. The number of thiophene rings is 1. The summed E-state index contributed by atoms with van der Waals surface area (Å²) < 4.78 is 44.5. The van der Waals surface area contributed by atoms with Crippen LogP contribution in [-0.4, -0.2) is 21.5 Å². The van der Waals surface area contributed by atoms with Crippen LogP contribution in [0.2, 0.25) is 0 Å². The van der Waals surface area contributed by atoms with Gasteiger partial charge in [0.05, 0.1) is 7.11 Å². The molecule has 0 saturated heterocycles. The van der Waals surface area contributed by atoms with Crippen molar-refractivity contribution in [3.8, 4) is 0 Å². The van der Waals surface area contributed by atoms with Crippen LogP contribution in [0.5, 0.6) is 0 Å². The molecule has 112 valence electrons. The fourth-order valence-corrected chi connectivity index (χ4v) is 4.49. The molecular weight excluding hydrogens is 317 g/mol. The molecule has 0 saturated carbocycles. The lowest BCUT2D eigenvalue weighted by atomic mass is 10.3. The van der Waals surface area contributed by atoms with E-state index in [1.54, 1.807) is 12.3 Å². The van der Waals surface area contributed by atoms with Crippen LogP contribution < -0.4 is 4.72 Å². The molecule has 1 heterocycles. The molecule has 2 aromatic rings. The largest absolute Gasteiger partial charge is 0.465 e. The van der Waals surface area contributed by atoms with Crippen molar-refractivity contribution in [3.63, 3.8) is 0 Å². The fraction of sp³-hybridized carbons (Fsp3) is 0.154. The number of hydrogen-bond acceptors (Lipinski definition) is 5. The van der Waals surface area contributed by atoms with Gasteiger partial charge in [-0.15, -0.1) is 11.3 Å². The molecule has 0 spiro atoms. The van der Waals surface area contributed by atoms with Crippen LogP contribution in [0.4, 0.5) is 10.1 Å². The molecule has 21 heavy (non-hydrogen) atoms. The average molecular weight is 329 g/mol. The summed E-state index contributed by atoms with van der Waals surface area (Å²) in [4.78, 5) is 11.5. The summed E-state index contributed by atoms with van der Waals surface area (Å²) in [6.07, 6.45) is 0. The first kappa shape index (κ1) is 15.5. The lowest BCUT2D eigenvalue weighted by Crippen LogP contribution is -2.16. The third-order valence-corrected chi connectivity index (χ3v) is 5.43. The first-order valence-corrected chi connectivity index (χ1v) is 8.16. The van der Waals surface area contributed by atoms with Gasteiger partial charge >= 0.3 is 5.97 Å². The summed E-state index contributed by atoms with van der Waals surface area (Å²) >= 11 is 0.995. The predicted molar refractivity (Wildman–Crippen MR) is 77.6 cm³/mol. The molecule has 0 fully saturated rings. The third-order valence-electron chi connectivity index (χ3n) is 2.65. The van der Waals surface area contributed by atoms with E-state index in [9.17, 15) is 17.6 Å². The number of hydrogen-bond donors (Lipinski definition) is 1. The topological polar surface area (TPSA) is 72.5 Å². The number of methoxy groups -OCH3 is 1. The second kappa shape index (κ2) is 5.82. The number of ether oxygens (including phenoxy) is 1. The van der Waals surface area contributed by atoms with E-state index < -0.39 is 21.8 Å². The van der Waals surface area contributed by atoms with E-state index in [1.807, 2.05) is 0 Å². The maximum absolute atomic E-state index is 12.8. The van der Waals surface area contributed by atoms with Gasteiger partial charge in [0.2, 0.25) is 0 Å². The van der Waals surface area contributed by atoms with Crippen molar-refractivity contribution in [2.45, 2.75) is 11.8 Å². The zero-order valence-electron chi connectivity index (χ0n) is 11.2. The van der Waals surface area contributed by atoms with Gasteiger partial charge in [0.25, 0.3) is 10.0 Å². The van der Waals surface area contributed by atoms with Crippen LogP contribution in [0.1, 0.15) is 15.2 Å². The van der Waals surface area contributed by atoms with E-state index in [2.05, 4.69) is 9.46 Å². The summed E-state index contributed by atoms with van der Waals surface area (Å²) in [6, 6.07) is 4.87. The Hall–Kier alpha value is -1.93. The Morgan fingerprint density at radius 1 is 1.29 bits per heavy atom. The van der Waals surface area contributed by atoms with Gasteiger partial charge in [0, 0.05) is 5.69 Å². The molecule has 0 aliphatic carbocycles. The van der Waals surface area contributed by atoms with Crippen molar-refractivity contribution in [2.24, 2.45) is 0 Å². The molecule has 0 unspecified atom stereocenters. The molecule has 2 rings (SSSR count). The van der Waals surface area contributed by atoms with E-state index in [1.165, 1.54) is 19.2 Å². The molecular formula is C13H12FNO4S2. The van der Waals surface area contributed by atoms with Gasteiger partial charge in [0.1, 0.15) is 15.6 Å². The number of anilines is 1. The quantitative estimate of drug-likeness (QED) is 0.876. The van der Waals surface area contributed by atoms with Gasteiger partial charge in [-0.3, -0.25) is 4.72 Å². The van der Waals surface area contributed by atoms with Crippen molar-refractivity contribution >= 4 is 33.0 Å². The number of benzene rings is 1. The van der Waals surface area contributed by atoms with Crippen molar-refractivity contribution in [2.75, 3.05) is 11.8 Å². The minimum absolute atomic E-state index is 0.00427. The summed E-state index contributed by atoms with van der Waals surface area (Å²) in [5, 5.41) is 1.56. The highest BCUT2D eigenvalue weighted by Gasteiger charge is 2.27. The number of esters is 1. The van der Waals surface area contributed by atoms with E-state index in [4.69, 9.17) is 0 Å². The summed E-state index contributed by atoms with van der Waals surface area (Å²) in [6.45, 7) is 1.59. The Bertz CT molecular complexity index is 766. The number of carbonyl (C=O) groups excluding carboxylic acids is 1. The SMILES string of the molecule is COC(=O)c1scc(C)c1S(=O)(=O)Nc1ccc(F)cc1. The molecule has 0 radical (unpaired) electrons. The third kappa shape index (κ3) is 3.22. The molecule has 8 heteroatoms. The number of carbonyl (C=O) groups is 1. The second-order valence-corrected chi connectivity index (χ2v) is 6.68. The Morgan fingerprint density at radius 3 is 2.48 bits per heavy atom. The first-order chi connectivity index (χ1) is 9.85. The van der Waals surface area contributed by atoms with Crippen LogP contribution >= 0.6 is 11.3 Å². The minimum atomic E-state index is -3.96. The molecule has 5 nitrogen and oxygen atoms in total. The Kier molecular flexibility index (Phi) is 4.29. The maximum atomic E-state index is 12.8. The monoisotopic (exact) mass is 329 g/mol. The Labute approximate surface area is 125 Å². The van der Waals surface area contributed by atoms with Gasteiger partial charge in [0.15, 0.2) is 0 Å². The average Bonchev–Trinajstić information content (AvgIpc) is 2.83. The summed E-state index contributed by atoms with van der Waals surface area (Å²) in [5.74, 6) is -1.19. The lowest BCUT2D eigenvalue weighted by molar-refractivity contribution is 0.0602. The van der Waals surface area contributed by atoms with E-state index >= 15 is 0 Å². The highest BCUT2D eigenvalue weighted by molar-refractivity contribution is 7.93. The van der Waals surface area contributed by atoms with Crippen molar-refractivity contribution < 1.29 is 22.3 Å². The van der Waals surface area contributed by atoms with Gasteiger partial charge < -0.3 is 4.74 Å². The standard InChI is InChI=1S/C13H12FNO4S2/c1-8-7-20-11(13(16)19-2)12(8)21(17,18)15-10-5-3-9(14)4-6-10/h3-7,15H,1-2H3. The fourth-order valence-electron chi connectivity index (χ4n) is 1.73. The van der Waals surface area contributed by atoms with E-state index in [-0.39, 0.29) is 15.5 Å². The Balaban J connectivity index is 2.42. The van der Waals surface area contributed by atoms with Crippen LogP contribution in [0.15, 0.2) is 34.5 Å². The van der Waals surface area contributed by atoms with Gasteiger partial charge in [-0.2, -0.15) is 0 Å². The molecule has 0 aliphatic heterocycles. The number of halogens is 1. The molecule has 0 amide bonds. The smallest absolute Gasteiger partial charge is 0.349 e. The van der Waals surface area contributed by atoms with Crippen molar-refractivity contribution in [1.29, 1.82) is 0 Å². The highest BCUT2D eigenvalue weighted by atomic mass is 32.2. The van der Waals surface area contributed by atoms with Gasteiger partial charge in [-0.25, -0.2) is 17.6 Å². The van der Waals surface area contributed by atoms with Crippen LogP contribution in [0.25, 0.3) is 0 Å². The lowest BCUT2D eigenvalue weighted by Gasteiger charge is -2.09. The predicted octanol–water partition coefficient (Wildman–Crippen LogP) is 2.78. The van der Waals surface area contributed by atoms with E-state index in [0.717, 1.165) is 23.5 Å². The molecule has 0 bridgehead atoms. The van der Waals surface area contributed by atoms with Crippen LogP contribution in [0, 0.1) is 12.7 Å². The number of rotatable bonds is 4. The van der Waals surface area contributed by atoms with Crippen LogP contribution in [-0.2, 0) is 14.8 Å². The number of sulfonamides is 1. The zero-order chi connectivity index (χ0) is 15.6. The highest BCUT2D eigenvalue weighted by Crippen LogP contribution is 2.29. The molecule has 1 N–H and O–H groups in total. The van der Waals surface area contributed by atoms with Gasteiger partial charge in [-0.05, 0) is 42.1 Å². The molecule has 1 aromatic heterocycles. The molecule has 0 aliphatic rings. The number of nitrogens with one attached hydrogen (secondary N) is 1. The Morgan fingerprint density at radius 2 is 1.90 bits per heavy atom. The van der Waals surface area contributed by atoms with Crippen LogP contribution in [0.3, 0.4) is 0 Å². The zero-order valence-corrected chi connectivity index (χ0v) is 12.8. The first-order valence-electron chi connectivity index (χ1n) is 5.80. The van der Waals surface area contributed by atoms with Crippen molar-refractivity contribution in [1.82, 2.24) is 0 Å². The normalized spacial score (nSPS) is 11.2. The number of aryl methyl sites for hydroxylation is 1. The molecule has 1 aromatic carbocycles. The summed E-state index contributed by atoms with van der Waals surface area (Å²) in [7, 11) is -2.78. The maximum Gasteiger partial charge on any atom is 0.349 e. The summed E-state index contributed by atoms with van der Waals surface area (Å²) in [5.41, 5.74) is 0.646. The second-order valence-electron chi connectivity index (χ2n) is 4.18.